The van der Waals surface area contributed by atoms with Crippen molar-refractivity contribution in [2.24, 2.45) is 11.3 Å². The fourth-order valence-electron chi connectivity index (χ4n) is 2.95. The van der Waals surface area contributed by atoms with Crippen LogP contribution in [0.3, 0.4) is 0 Å². The number of carbonyl (C=O) groups excluding carboxylic acids is 1. The molecule has 3 nitrogen and oxygen atoms in total. The van der Waals surface area contributed by atoms with Crippen LogP contribution in [0.5, 0.6) is 0 Å². The summed E-state index contributed by atoms with van der Waals surface area (Å²) in [6.07, 6.45) is 3.32. The molecular formula is C15H29NO2. The minimum atomic E-state index is -0.400. The second kappa shape index (κ2) is 5.50. The summed E-state index contributed by atoms with van der Waals surface area (Å²) >= 11 is 0. The number of rotatable bonds is 2. The molecule has 3 heteroatoms. The standard InChI is InChI=1S/C15H29NO2/c1-12(2)10-15(6)8-7-9-16(11-15)13(17)18-14(3,4)5/h12H,7-11H2,1-6H3. The first kappa shape index (κ1) is 15.3. The molecule has 0 N–H and O–H groups in total. The van der Waals surface area contributed by atoms with Gasteiger partial charge >= 0.3 is 6.09 Å². The van der Waals surface area contributed by atoms with Crippen molar-refractivity contribution in [1.29, 1.82) is 0 Å². The lowest BCUT2D eigenvalue weighted by molar-refractivity contribution is 0.00363. The molecule has 0 saturated carbocycles. The van der Waals surface area contributed by atoms with Crippen LogP contribution in [0, 0.1) is 11.3 Å². The molecule has 0 spiro atoms. The molecule has 0 radical (unpaired) electrons. The molecule has 0 aromatic heterocycles. The Labute approximate surface area is 112 Å². The second-order valence-electron chi connectivity index (χ2n) is 7.41. The summed E-state index contributed by atoms with van der Waals surface area (Å²) < 4.78 is 5.46. The molecule has 1 aliphatic heterocycles. The molecule has 1 fully saturated rings. The fraction of sp³-hybridized carbons (Fsp3) is 0.933. The van der Waals surface area contributed by atoms with Gasteiger partial charge in [0.25, 0.3) is 0 Å². The number of nitrogens with zero attached hydrogens (tertiary/aromatic N) is 1. The molecule has 0 aliphatic carbocycles. The Kier molecular flexibility index (Phi) is 4.68. The van der Waals surface area contributed by atoms with E-state index in [0.717, 1.165) is 19.5 Å². The molecule has 1 amide bonds. The van der Waals surface area contributed by atoms with Crippen LogP contribution >= 0.6 is 0 Å². The van der Waals surface area contributed by atoms with Crippen LogP contribution in [0.15, 0.2) is 0 Å². The third kappa shape index (κ3) is 4.87. The summed E-state index contributed by atoms with van der Waals surface area (Å²) in [7, 11) is 0. The molecule has 1 aliphatic rings. The van der Waals surface area contributed by atoms with Gasteiger partial charge in [0.2, 0.25) is 0 Å². The lowest BCUT2D eigenvalue weighted by Gasteiger charge is -2.41. The predicted molar refractivity (Wildman–Crippen MR) is 74.6 cm³/mol. The first-order valence-electron chi connectivity index (χ1n) is 7.09. The van der Waals surface area contributed by atoms with Gasteiger partial charge in [-0.05, 0) is 51.4 Å². The van der Waals surface area contributed by atoms with Gasteiger partial charge in [-0.2, -0.15) is 0 Å². The maximum absolute atomic E-state index is 12.1. The Balaban J connectivity index is 2.61. The number of ether oxygens (including phenoxy) is 1. The average Bonchev–Trinajstić information content (AvgIpc) is 2.12. The van der Waals surface area contributed by atoms with Crippen molar-refractivity contribution >= 4 is 6.09 Å². The molecular weight excluding hydrogens is 226 g/mol. The van der Waals surface area contributed by atoms with Crippen molar-refractivity contribution in [3.63, 3.8) is 0 Å². The van der Waals surface area contributed by atoms with E-state index in [0.29, 0.717) is 5.92 Å². The van der Waals surface area contributed by atoms with E-state index in [4.69, 9.17) is 4.74 Å². The van der Waals surface area contributed by atoms with E-state index in [2.05, 4.69) is 20.8 Å². The number of carbonyl (C=O) groups is 1. The van der Waals surface area contributed by atoms with Crippen LogP contribution < -0.4 is 0 Å². The number of hydrogen-bond acceptors (Lipinski definition) is 2. The van der Waals surface area contributed by atoms with Crippen LogP contribution in [-0.4, -0.2) is 29.7 Å². The number of hydrogen-bond donors (Lipinski definition) is 0. The molecule has 1 saturated heterocycles. The van der Waals surface area contributed by atoms with Crippen molar-refractivity contribution in [2.45, 2.75) is 66.4 Å². The van der Waals surface area contributed by atoms with Crippen LogP contribution in [0.4, 0.5) is 4.79 Å². The summed E-state index contributed by atoms with van der Waals surface area (Å²) in [4.78, 5) is 14.0. The minimum absolute atomic E-state index is 0.155. The first-order valence-corrected chi connectivity index (χ1v) is 7.09. The molecule has 1 rings (SSSR count). The number of amides is 1. The van der Waals surface area contributed by atoms with E-state index >= 15 is 0 Å². The lowest BCUT2D eigenvalue weighted by atomic mass is 9.76. The smallest absolute Gasteiger partial charge is 0.410 e. The largest absolute Gasteiger partial charge is 0.444 e. The molecule has 0 aromatic carbocycles. The monoisotopic (exact) mass is 255 g/mol. The molecule has 1 atom stereocenters. The normalized spacial score (nSPS) is 25.4. The van der Waals surface area contributed by atoms with Gasteiger partial charge in [-0.1, -0.05) is 20.8 Å². The Bertz CT molecular complexity index is 293. The summed E-state index contributed by atoms with van der Waals surface area (Å²) in [5, 5.41) is 0. The van der Waals surface area contributed by atoms with Crippen LogP contribution in [0.2, 0.25) is 0 Å². The quantitative estimate of drug-likeness (QED) is 0.744. The van der Waals surface area contributed by atoms with Crippen LogP contribution in [-0.2, 0) is 4.74 Å². The van der Waals surface area contributed by atoms with Gasteiger partial charge in [-0.3, -0.25) is 0 Å². The number of piperidine rings is 1. The zero-order valence-corrected chi connectivity index (χ0v) is 12.9. The summed E-state index contributed by atoms with van der Waals surface area (Å²) in [6.45, 7) is 14.2. The van der Waals surface area contributed by atoms with Crippen LogP contribution in [0.25, 0.3) is 0 Å². The Morgan fingerprint density at radius 3 is 2.50 bits per heavy atom. The van der Waals surface area contributed by atoms with Crippen molar-refractivity contribution in [3.05, 3.63) is 0 Å². The van der Waals surface area contributed by atoms with Gasteiger partial charge < -0.3 is 9.64 Å². The van der Waals surface area contributed by atoms with E-state index < -0.39 is 5.60 Å². The average molecular weight is 255 g/mol. The van der Waals surface area contributed by atoms with Crippen molar-refractivity contribution in [2.75, 3.05) is 13.1 Å². The van der Waals surface area contributed by atoms with E-state index in [1.54, 1.807) is 0 Å². The Hall–Kier alpha value is -0.730. The van der Waals surface area contributed by atoms with Crippen molar-refractivity contribution < 1.29 is 9.53 Å². The SMILES string of the molecule is CC(C)CC1(C)CCCN(C(=O)OC(C)(C)C)C1. The third-order valence-electron chi connectivity index (χ3n) is 3.33. The molecule has 1 unspecified atom stereocenters. The van der Waals surface area contributed by atoms with Crippen molar-refractivity contribution in [1.82, 2.24) is 4.90 Å². The molecule has 1 heterocycles. The highest BCUT2D eigenvalue weighted by Gasteiger charge is 2.35. The van der Waals surface area contributed by atoms with Crippen molar-refractivity contribution in [3.8, 4) is 0 Å². The van der Waals surface area contributed by atoms with Gasteiger partial charge in [0.05, 0.1) is 0 Å². The fourth-order valence-corrected chi connectivity index (χ4v) is 2.95. The summed E-state index contributed by atoms with van der Waals surface area (Å²) in [5.41, 5.74) is -0.147. The van der Waals surface area contributed by atoms with Gasteiger partial charge in [0.15, 0.2) is 0 Å². The van der Waals surface area contributed by atoms with Gasteiger partial charge in [-0.25, -0.2) is 4.79 Å². The van der Waals surface area contributed by atoms with Crippen LogP contribution in [0.1, 0.15) is 60.8 Å². The maximum atomic E-state index is 12.1. The highest BCUT2D eigenvalue weighted by molar-refractivity contribution is 5.68. The summed E-state index contributed by atoms with van der Waals surface area (Å²) in [6, 6.07) is 0. The molecule has 106 valence electrons. The third-order valence-corrected chi connectivity index (χ3v) is 3.33. The van der Waals surface area contributed by atoms with E-state index in [9.17, 15) is 4.79 Å². The highest BCUT2D eigenvalue weighted by atomic mass is 16.6. The zero-order chi connectivity index (χ0) is 14.0. The second-order valence-corrected chi connectivity index (χ2v) is 7.41. The highest BCUT2D eigenvalue weighted by Crippen LogP contribution is 2.36. The predicted octanol–water partition coefficient (Wildman–Crippen LogP) is 4.07. The molecule has 0 aromatic rings. The van der Waals surface area contributed by atoms with E-state index in [1.807, 2.05) is 25.7 Å². The topological polar surface area (TPSA) is 29.5 Å². The summed E-state index contributed by atoms with van der Waals surface area (Å²) in [5.74, 6) is 0.675. The Morgan fingerprint density at radius 1 is 1.39 bits per heavy atom. The van der Waals surface area contributed by atoms with Gasteiger partial charge in [-0.15, -0.1) is 0 Å². The number of likely N-dealkylation sites (tertiary alicyclic amines) is 1. The molecule has 0 bridgehead atoms. The van der Waals surface area contributed by atoms with E-state index in [-0.39, 0.29) is 11.5 Å². The zero-order valence-electron chi connectivity index (χ0n) is 12.9. The first-order chi connectivity index (χ1) is 8.11. The lowest BCUT2D eigenvalue weighted by Crippen LogP contribution is -2.47. The van der Waals surface area contributed by atoms with Gasteiger partial charge in [0, 0.05) is 13.1 Å². The Morgan fingerprint density at radius 2 is 2.00 bits per heavy atom. The minimum Gasteiger partial charge on any atom is -0.444 e. The maximum Gasteiger partial charge on any atom is 0.410 e. The molecule has 18 heavy (non-hydrogen) atoms. The van der Waals surface area contributed by atoms with Gasteiger partial charge in [0.1, 0.15) is 5.60 Å². The van der Waals surface area contributed by atoms with E-state index in [1.165, 1.54) is 12.8 Å².